The minimum Gasteiger partial charge on any atom is -0.468 e. The van der Waals surface area contributed by atoms with Gasteiger partial charge in [0.05, 0.1) is 12.3 Å². The maximum atomic E-state index is 12.7. The second-order valence-electron chi connectivity index (χ2n) is 5.92. The van der Waals surface area contributed by atoms with E-state index in [9.17, 15) is 13.2 Å². The summed E-state index contributed by atoms with van der Waals surface area (Å²) in [4.78, 5) is 13.1. The van der Waals surface area contributed by atoms with Crippen molar-refractivity contribution in [2.75, 3.05) is 20.1 Å². The number of likely N-dealkylation sites (N-methyl/N-ethyl adjacent to an activating group) is 1. The molecule has 2 fully saturated rings. The molecule has 0 radical (unpaired) electrons. The third kappa shape index (κ3) is 3.04. The van der Waals surface area contributed by atoms with E-state index in [-0.39, 0.29) is 18.0 Å². The molecule has 22 heavy (non-hydrogen) atoms. The Morgan fingerprint density at radius 2 is 2.18 bits per heavy atom. The minimum atomic E-state index is -3.59. The van der Waals surface area contributed by atoms with Gasteiger partial charge in [-0.1, -0.05) is 0 Å². The molecule has 1 aromatic rings. The third-order valence-corrected chi connectivity index (χ3v) is 6.01. The van der Waals surface area contributed by atoms with E-state index in [0.29, 0.717) is 31.7 Å². The van der Waals surface area contributed by atoms with E-state index in [1.165, 1.54) is 4.31 Å². The summed E-state index contributed by atoms with van der Waals surface area (Å²) in [6, 6.07) is 3.11. The van der Waals surface area contributed by atoms with Crippen LogP contribution in [0, 0.1) is 0 Å². The molecule has 2 aliphatic heterocycles. The van der Waals surface area contributed by atoms with Crippen molar-refractivity contribution in [2.24, 2.45) is 0 Å². The van der Waals surface area contributed by atoms with Gasteiger partial charge in [-0.3, -0.25) is 4.79 Å². The highest BCUT2D eigenvalue weighted by atomic mass is 32.2. The molecule has 0 unspecified atom stereocenters. The van der Waals surface area contributed by atoms with Crippen LogP contribution in [0.15, 0.2) is 22.8 Å². The Bertz CT molecular complexity index is 629. The number of piperidine rings is 1. The van der Waals surface area contributed by atoms with Crippen LogP contribution >= 0.6 is 0 Å². The first-order valence-electron chi connectivity index (χ1n) is 7.54. The molecule has 2 aliphatic rings. The van der Waals surface area contributed by atoms with Crippen LogP contribution in [-0.4, -0.2) is 49.7 Å². The van der Waals surface area contributed by atoms with E-state index in [1.54, 1.807) is 24.3 Å². The van der Waals surface area contributed by atoms with E-state index in [2.05, 4.69) is 4.72 Å². The summed E-state index contributed by atoms with van der Waals surface area (Å²) in [5.41, 5.74) is 0. The van der Waals surface area contributed by atoms with E-state index >= 15 is 0 Å². The molecular formula is C14H21N3O4S. The van der Waals surface area contributed by atoms with Gasteiger partial charge in [-0.25, -0.2) is 0 Å². The monoisotopic (exact) mass is 327 g/mol. The number of carbonyl (C=O) groups is 1. The normalized spacial score (nSPS) is 27.5. The minimum absolute atomic E-state index is 0.0603. The van der Waals surface area contributed by atoms with Gasteiger partial charge in [0.1, 0.15) is 5.76 Å². The molecule has 0 aliphatic carbocycles. The first-order valence-corrected chi connectivity index (χ1v) is 8.98. The van der Waals surface area contributed by atoms with Gasteiger partial charge in [0.2, 0.25) is 5.91 Å². The fraction of sp³-hybridized carbons (Fsp3) is 0.643. The molecule has 2 saturated heterocycles. The Labute approximate surface area is 130 Å². The molecule has 1 N–H and O–H groups in total. The van der Waals surface area contributed by atoms with Crippen molar-refractivity contribution in [3.05, 3.63) is 24.2 Å². The van der Waals surface area contributed by atoms with Crippen molar-refractivity contribution in [1.29, 1.82) is 0 Å². The number of nitrogens with zero attached hydrogens (tertiary/aromatic N) is 2. The zero-order chi connectivity index (χ0) is 15.7. The molecule has 0 saturated carbocycles. The first-order chi connectivity index (χ1) is 10.5. The van der Waals surface area contributed by atoms with E-state index in [1.807, 2.05) is 6.07 Å². The molecule has 2 atom stereocenters. The van der Waals surface area contributed by atoms with Crippen LogP contribution in [0.4, 0.5) is 0 Å². The van der Waals surface area contributed by atoms with Gasteiger partial charge in [-0.05, 0) is 31.4 Å². The van der Waals surface area contributed by atoms with E-state index < -0.39 is 10.2 Å². The fourth-order valence-electron chi connectivity index (χ4n) is 3.18. The quantitative estimate of drug-likeness (QED) is 0.889. The Morgan fingerprint density at radius 3 is 2.86 bits per heavy atom. The Hall–Kier alpha value is -1.38. The molecule has 8 heteroatoms. The van der Waals surface area contributed by atoms with Crippen LogP contribution in [0.25, 0.3) is 0 Å². The van der Waals surface area contributed by atoms with Gasteiger partial charge < -0.3 is 9.32 Å². The fourth-order valence-corrected chi connectivity index (χ4v) is 4.84. The summed E-state index contributed by atoms with van der Waals surface area (Å²) in [7, 11) is -1.89. The maximum Gasteiger partial charge on any atom is 0.280 e. The molecular weight excluding hydrogens is 306 g/mol. The maximum absolute atomic E-state index is 12.7. The summed E-state index contributed by atoms with van der Waals surface area (Å²) < 4.78 is 34.9. The lowest BCUT2D eigenvalue weighted by molar-refractivity contribution is -0.132. The van der Waals surface area contributed by atoms with Crippen molar-refractivity contribution in [1.82, 2.24) is 13.9 Å². The average Bonchev–Trinajstić information content (AvgIpc) is 3.12. The van der Waals surface area contributed by atoms with Crippen molar-refractivity contribution < 1.29 is 17.6 Å². The van der Waals surface area contributed by atoms with Gasteiger partial charge in [0.25, 0.3) is 10.2 Å². The Balaban J connectivity index is 1.71. The Kier molecular flexibility index (Phi) is 4.24. The lowest BCUT2D eigenvalue weighted by Gasteiger charge is -2.32. The lowest BCUT2D eigenvalue weighted by Crippen LogP contribution is -2.52. The third-order valence-electron chi connectivity index (χ3n) is 4.33. The van der Waals surface area contributed by atoms with Crippen LogP contribution in [0.2, 0.25) is 0 Å². The standard InChI is InChI=1S/C14H21N3O4S/c1-16-10-11(6-7-14(16)18)15-22(19,20)17-8-2-4-12(17)13-5-3-9-21-13/h3,5,9,11-12,15H,2,4,6-8,10H2,1H3/t11-,12+/m0/s1. The first kappa shape index (κ1) is 15.5. The van der Waals surface area contributed by atoms with Crippen molar-refractivity contribution in [2.45, 2.75) is 37.8 Å². The molecule has 7 nitrogen and oxygen atoms in total. The Morgan fingerprint density at radius 1 is 1.36 bits per heavy atom. The number of amides is 1. The summed E-state index contributed by atoms with van der Waals surface area (Å²) in [5, 5.41) is 0. The van der Waals surface area contributed by atoms with Gasteiger partial charge >= 0.3 is 0 Å². The molecule has 1 aromatic heterocycles. The highest BCUT2D eigenvalue weighted by Crippen LogP contribution is 2.34. The molecule has 122 valence electrons. The number of rotatable bonds is 4. The van der Waals surface area contributed by atoms with Crippen LogP contribution in [0.5, 0.6) is 0 Å². The van der Waals surface area contributed by atoms with Crippen molar-refractivity contribution >= 4 is 16.1 Å². The predicted octanol–water partition coefficient (Wildman–Crippen LogP) is 0.872. The topological polar surface area (TPSA) is 82.9 Å². The lowest BCUT2D eigenvalue weighted by atomic mass is 10.1. The second kappa shape index (κ2) is 6.02. The second-order valence-corrected chi connectivity index (χ2v) is 7.57. The molecule has 0 aromatic carbocycles. The number of furan rings is 1. The number of likely N-dealkylation sites (tertiary alicyclic amines) is 1. The summed E-state index contributed by atoms with van der Waals surface area (Å²) >= 11 is 0. The summed E-state index contributed by atoms with van der Waals surface area (Å²) in [5.74, 6) is 0.740. The molecule has 3 heterocycles. The highest BCUT2D eigenvalue weighted by molar-refractivity contribution is 7.87. The molecule has 0 spiro atoms. The van der Waals surface area contributed by atoms with E-state index in [4.69, 9.17) is 4.42 Å². The molecule has 1 amide bonds. The summed E-state index contributed by atoms with van der Waals surface area (Å²) in [6.07, 6.45) is 4.06. The zero-order valence-corrected chi connectivity index (χ0v) is 13.4. The number of carbonyl (C=O) groups excluding carboxylic acids is 1. The van der Waals surface area contributed by atoms with E-state index in [0.717, 1.165) is 12.8 Å². The number of nitrogens with one attached hydrogen (secondary N) is 1. The molecule has 3 rings (SSSR count). The van der Waals surface area contributed by atoms with Crippen LogP contribution in [0.1, 0.15) is 37.5 Å². The van der Waals surface area contributed by atoms with Gasteiger partial charge in [-0.15, -0.1) is 0 Å². The van der Waals surface area contributed by atoms with Gasteiger partial charge in [0, 0.05) is 32.6 Å². The number of hydrogen-bond donors (Lipinski definition) is 1. The highest BCUT2D eigenvalue weighted by Gasteiger charge is 2.38. The summed E-state index contributed by atoms with van der Waals surface area (Å²) in [6.45, 7) is 0.902. The molecule has 0 bridgehead atoms. The predicted molar refractivity (Wildman–Crippen MR) is 80.1 cm³/mol. The largest absolute Gasteiger partial charge is 0.468 e. The SMILES string of the molecule is CN1C[C@@H](NS(=O)(=O)N2CCC[C@@H]2c2ccco2)CCC1=O. The van der Waals surface area contributed by atoms with Crippen LogP contribution in [0.3, 0.4) is 0 Å². The van der Waals surface area contributed by atoms with Crippen LogP contribution < -0.4 is 4.72 Å². The van der Waals surface area contributed by atoms with Gasteiger partial charge in [0.15, 0.2) is 0 Å². The van der Waals surface area contributed by atoms with Crippen molar-refractivity contribution in [3.63, 3.8) is 0 Å². The van der Waals surface area contributed by atoms with Gasteiger partial charge in [-0.2, -0.15) is 17.4 Å². The smallest absolute Gasteiger partial charge is 0.280 e. The zero-order valence-electron chi connectivity index (χ0n) is 12.6. The average molecular weight is 327 g/mol. The van der Waals surface area contributed by atoms with Crippen LogP contribution in [-0.2, 0) is 15.0 Å². The number of hydrogen-bond acceptors (Lipinski definition) is 4. The van der Waals surface area contributed by atoms with Crippen molar-refractivity contribution in [3.8, 4) is 0 Å².